The lowest BCUT2D eigenvalue weighted by molar-refractivity contribution is 0.0556. The molecule has 1 aromatic carbocycles. The molecule has 1 atom stereocenters. The van der Waals surface area contributed by atoms with E-state index in [1.54, 1.807) is 12.5 Å². The van der Waals surface area contributed by atoms with Crippen LogP contribution in [0.1, 0.15) is 19.8 Å². The quantitative estimate of drug-likeness (QED) is 0.172. The highest BCUT2D eigenvalue weighted by molar-refractivity contribution is 7.99. The third kappa shape index (κ3) is 5.83. The Morgan fingerprint density at radius 3 is 2.28 bits per heavy atom. The molecule has 0 bridgehead atoms. The van der Waals surface area contributed by atoms with E-state index in [2.05, 4.69) is 11.9 Å². The Morgan fingerprint density at radius 1 is 1.08 bits per heavy atom. The van der Waals surface area contributed by atoms with Crippen molar-refractivity contribution in [3.8, 4) is 0 Å². The number of aromatic nitrogens is 2. The predicted octanol–water partition coefficient (Wildman–Crippen LogP) is 7.13. The van der Waals surface area contributed by atoms with Crippen LogP contribution in [0.25, 0.3) is 0 Å². The van der Waals surface area contributed by atoms with Gasteiger partial charge in [-0.1, -0.05) is 71.3 Å². The van der Waals surface area contributed by atoms with Crippen LogP contribution in [0.2, 0.25) is 25.1 Å². The van der Waals surface area contributed by atoms with Crippen LogP contribution in [0.5, 0.6) is 0 Å². The van der Waals surface area contributed by atoms with Crippen molar-refractivity contribution < 1.29 is 4.74 Å². The molecule has 25 heavy (non-hydrogen) atoms. The number of rotatable bonds is 9. The summed E-state index contributed by atoms with van der Waals surface area (Å²) in [6.07, 6.45) is 7.44. The Morgan fingerprint density at radius 2 is 1.72 bits per heavy atom. The van der Waals surface area contributed by atoms with Gasteiger partial charge in [0, 0.05) is 29.6 Å². The first-order valence-electron chi connectivity index (χ1n) is 7.67. The lowest BCUT2D eigenvalue weighted by Gasteiger charge is -2.19. The number of ether oxygens (including phenoxy) is 1. The second kappa shape index (κ2) is 10.5. The summed E-state index contributed by atoms with van der Waals surface area (Å²) in [5.41, 5.74) is 0. The summed E-state index contributed by atoms with van der Waals surface area (Å²) in [6, 6.07) is 0. The van der Waals surface area contributed by atoms with Gasteiger partial charge in [-0.15, -0.1) is 11.8 Å². The molecular formula is C16H17Cl5N2OS. The molecule has 0 amide bonds. The molecule has 1 unspecified atom stereocenters. The van der Waals surface area contributed by atoms with Crippen LogP contribution in [0.3, 0.4) is 0 Å². The van der Waals surface area contributed by atoms with E-state index in [9.17, 15) is 0 Å². The Kier molecular flexibility index (Phi) is 9.03. The lowest BCUT2D eigenvalue weighted by Crippen LogP contribution is -2.23. The number of thioether (sulfide) groups is 1. The molecule has 0 saturated heterocycles. The van der Waals surface area contributed by atoms with Crippen molar-refractivity contribution >= 4 is 69.8 Å². The SMILES string of the molecule is CCCCOC(CSc1c(Cl)c(Cl)c(Cl)c(Cl)c1Cl)Cn1ccnc1. The number of nitrogens with zero attached hydrogens (tertiary/aromatic N) is 2. The van der Waals surface area contributed by atoms with E-state index in [4.69, 9.17) is 62.7 Å². The lowest BCUT2D eigenvalue weighted by atomic mass is 10.3. The van der Waals surface area contributed by atoms with E-state index in [0.717, 1.165) is 12.8 Å². The Labute approximate surface area is 176 Å². The number of hydrogen-bond donors (Lipinski definition) is 0. The highest BCUT2D eigenvalue weighted by atomic mass is 35.5. The zero-order chi connectivity index (χ0) is 18.4. The van der Waals surface area contributed by atoms with Gasteiger partial charge in [-0.3, -0.25) is 0 Å². The minimum Gasteiger partial charge on any atom is -0.375 e. The minimum absolute atomic E-state index is 0.0360. The van der Waals surface area contributed by atoms with Crippen molar-refractivity contribution in [2.24, 2.45) is 0 Å². The average Bonchev–Trinajstić information content (AvgIpc) is 3.11. The van der Waals surface area contributed by atoms with Gasteiger partial charge in [-0.25, -0.2) is 4.98 Å². The second-order valence-electron chi connectivity index (χ2n) is 5.32. The van der Waals surface area contributed by atoms with Gasteiger partial charge < -0.3 is 9.30 Å². The number of hydrogen-bond acceptors (Lipinski definition) is 3. The zero-order valence-electron chi connectivity index (χ0n) is 13.4. The summed E-state index contributed by atoms with van der Waals surface area (Å²) in [7, 11) is 0. The predicted molar refractivity (Wildman–Crippen MR) is 109 cm³/mol. The van der Waals surface area contributed by atoms with Gasteiger partial charge in [0.1, 0.15) is 0 Å². The van der Waals surface area contributed by atoms with E-state index in [0.29, 0.717) is 33.8 Å². The van der Waals surface area contributed by atoms with Gasteiger partial charge in [0.2, 0.25) is 0 Å². The first-order valence-corrected chi connectivity index (χ1v) is 10.5. The molecule has 0 saturated carbocycles. The maximum atomic E-state index is 6.29. The second-order valence-corrected chi connectivity index (χ2v) is 8.24. The molecule has 1 aromatic heterocycles. The standard InChI is InChI=1S/C16H17Cl5N2OS/c1-2-3-6-24-10(7-23-5-4-22-9-23)8-25-16-14(20)12(18)11(17)13(19)15(16)21/h4-5,9-10H,2-3,6-8H2,1H3. The summed E-state index contributed by atoms with van der Waals surface area (Å²) < 4.78 is 7.97. The van der Waals surface area contributed by atoms with Crippen LogP contribution < -0.4 is 0 Å². The Balaban J connectivity index is 2.11. The molecule has 0 N–H and O–H groups in total. The normalized spacial score (nSPS) is 12.6. The van der Waals surface area contributed by atoms with Gasteiger partial charge in [0.05, 0.1) is 44.1 Å². The smallest absolute Gasteiger partial charge is 0.0946 e. The van der Waals surface area contributed by atoms with Gasteiger partial charge in [-0.05, 0) is 6.42 Å². The molecule has 0 spiro atoms. The van der Waals surface area contributed by atoms with Crippen LogP contribution in [-0.4, -0.2) is 28.0 Å². The fraction of sp³-hybridized carbons (Fsp3) is 0.438. The number of imidazole rings is 1. The zero-order valence-corrected chi connectivity index (χ0v) is 18.0. The maximum Gasteiger partial charge on any atom is 0.0946 e. The number of halogens is 5. The molecule has 2 aromatic rings. The van der Waals surface area contributed by atoms with Crippen LogP contribution in [-0.2, 0) is 11.3 Å². The molecule has 0 fully saturated rings. The van der Waals surface area contributed by atoms with Gasteiger partial charge >= 0.3 is 0 Å². The first-order chi connectivity index (χ1) is 12.0. The van der Waals surface area contributed by atoms with E-state index < -0.39 is 0 Å². The molecule has 0 aliphatic carbocycles. The highest BCUT2D eigenvalue weighted by Gasteiger charge is 2.21. The van der Waals surface area contributed by atoms with Crippen molar-refractivity contribution in [3.05, 3.63) is 43.8 Å². The van der Waals surface area contributed by atoms with Crippen molar-refractivity contribution in [2.75, 3.05) is 12.4 Å². The molecule has 1 heterocycles. The highest BCUT2D eigenvalue weighted by Crippen LogP contribution is 2.48. The van der Waals surface area contributed by atoms with Crippen molar-refractivity contribution in [3.63, 3.8) is 0 Å². The third-order valence-corrected chi connectivity index (χ3v) is 7.14. The molecule has 0 radical (unpaired) electrons. The summed E-state index contributed by atoms with van der Waals surface area (Å²) in [4.78, 5) is 4.67. The molecule has 9 heteroatoms. The van der Waals surface area contributed by atoms with Crippen molar-refractivity contribution in [1.82, 2.24) is 9.55 Å². The van der Waals surface area contributed by atoms with Crippen LogP contribution in [0.15, 0.2) is 23.6 Å². The Bertz CT molecular complexity index is 667. The fourth-order valence-corrected chi connectivity index (χ4v) is 4.66. The molecule has 138 valence electrons. The average molecular weight is 463 g/mol. The monoisotopic (exact) mass is 460 g/mol. The van der Waals surface area contributed by atoms with Crippen molar-refractivity contribution in [2.45, 2.75) is 37.3 Å². The van der Waals surface area contributed by atoms with Gasteiger partial charge in [0.25, 0.3) is 0 Å². The summed E-state index contributed by atoms with van der Waals surface area (Å²) in [5, 5.41) is 1.19. The maximum absolute atomic E-state index is 6.29. The molecular weight excluding hydrogens is 446 g/mol. The largest absolute Gasteiger partial charge is 0.375 e. The minimum atomic E-state index is -0.0360. The van der Waals surface area contributed by atoms with E-state index in [1.165, 1.54) is 11.8 Å². The van der Waals surface area contributed by atoms with Crippen LogP contribution >= 0.6 is 69.8 Å². The molecule has 2 rings (SSSR count). The summed E-state index contributed by atoms with van der Waals surface area (Å²) in [6.45, 7) is 3.50. The number of benzene rings is 1. The van der Waals surface area contributed by atoms with Crippen LogP contribution in [0, 0.1) is 0 Å². The molecule has 0 aliphatic heterocycles. The van der Waals surface area contributed by atoms with Crippen molar-refractivity contribution in [1.29, 1.82) is 0 Å². The third-order valence-electron chi connectivity index (χ3n) is 3.41. The van der Waals surface area contributed by atoms with Gasteiger partial charge in [-0.2, -0.15) is 0 Å². The summed E-state index contributed by atoms with van der Waals surface area (Å²) in [5.74, 6) is 0.635. The van der Waals surface area contributed by atoms with Gasteiger partial charge in [0.15, 0.2) is 0 Å². The summed E-state index contributed by atoms with van der Waals surface area (Å²) >= 11 is 32.3. The van der Waals surface area contributed by atoms with E-state index in [1.807, 2.05) is 10.8 Å². The molecule has 0 aliphatic rings. The first kappa shape index (κ1) is 21.5. The van der Waals surface area contributed by atoms with E-state index in [-0.39, 0.29) is 21.2 Å². The Hall–Kier alpha value is 0.190. The fourth-order valence-electron chi connectivity index (χ4n) is 2.07. The molecule has 3 nitrogen and oxygen atoms in total. The van der Waals surface area contributed by atoms with Crippen LogP contribution in [0.4, 0.5) is 0 Å². The topological polar surface area (TPSA) is 27.1 Å². The van der Waals surface area contributed by atoms with E-state index >= 15 is 0 Å². The number of unbranched alkanes of at least 4 members (excludes halogenated alkanes) is 1.